The Balaban J connectivity index is 1.57. The highest BCUT2D eigenvalue weighted by atomic mass is 35.5. The smallest absolute Gasteiger partial charge is 0.280 e. The summed E-state index contributed by atoms with van der Waals surface area (Å²) in [6.45, 7) is 1.39. The Bertz CT molecular complexity index is 1350. The van der Waals surface area contributed by atoms with Crippen molar-refractivity contribution in [1.82, 2.24) is 20.3 Å². The summed E-state index contributed by atoms with van der Waals surface area (Å²) in [5.74, 6) is -2.78. The first-order chi connectivity index (χ1) is 16.2. The molecule has 1 fully saturated rings. The Morgan fingerprint density at radius 3 is 2.79 bits per heavy atom. The number of nitrogens with zero attached hydrogens (tertiary/aromatic N) is 2. The first kappa shape index (κ1) is 23.3. The summed E-state index contributed by atoms with van der Waals surface area (Å²) in [7, 11) is 0. The van der Waals surface area contributed by atoms with Crippen LogP contribution >= 0.6 is 11.6 Å². The molecule has 2 amide bonds. The topological polar surface area (TPSA) is 112 Å². The molecule has 3 aromatic rings. The third-order valence-corrected chi connectivity index (χ3v) is 5.36. The Hall–Kier alpha value is -3.83. The fourth-order valence-electron chi connectivity index (χ4n) is 3.18. The Morgan fingerprint density at radius 2 is 2.09 bits per heavy atom. The highest BCUT2D eigenvalue weighted by Crippen LogP contribution is 2.22. The summed E-state index contributed by atoms with van der Waals surface area (Å²) in [5, 5.41) is 2.18. The molecule has 2 aromatic carbocycles. The number of rotatable bonds is 6. The maximum absolute atomic E-state index is 13.8. The van der Waals surface area contributed by atoms with E-state index < -0.39 is 35.0 Å². The number of hydrogen-bond acceptors (Lipinski definition) is 6. The maximum Gasteiger partial charge on any atom is 0.280 e. The van der Waals surface area contributed by atoms with Crippen LogP contribution in [0.4, 0.5) is 8.78 Å². The molecule has 4 rings (SSSR count). The summed E-state index contributed by atoms with van der Waals surface area (Å²) in [4.78, 5) is 45.9. The number of carbonyl (C=O) groups is 2. The molecule has 1 aliphatic rings. The minimum atomic E-state index is -0.835. The predicted octanol–water partition coefficient (Wildman–Crippen LogP) is 2.21. The SMILES string of the molecule is Cc1ccc(C(=O)N[C@@H]2CONC2=O)cc1-n1cnc(OCc2ccc(F)cc2F)c(Cl)c1=O. The van der Waals surface area contributed by atoms with Crippen LogP contribution in [-0.2, 0) is 16.2 Å². The number of aryl methyl sites for hydroxylation is 1. The van der Waals surface area contributed by atoms with Gasteiger partial charge in [-0.2, -0.15) is 0 Å². The van der Waals surface area contributed by atoms with Crippen molar-refractivity contribution < 1.29 is 27.9 Å². The van der Waals surface area contributed by atoms with Crippen molar-refractivity contribution in [3.8, 4) is 11.6 Å². The van der Waals surface area contributed by atoms with Gasteiger partial charge >= 0.3 is 0 Å². The fourth-order valence-corrected chi connectivity index (χ4v) is 3.37. The normalized spacial score (nSPS) is 15.2. The van der Waals surface area contributed by atoms with Crippen LogP contribution in [0, 0.1) is 18.6 Å². The van der Waals surface area contributed by atoms with Crippen LogP contribution in [0.2, 0.25) is 5.02 Å². The number of nitrogens with one attached hydrogen (secondary N) is 2. The lowest BCUT2D eigenvalue weighted by Crippen LogP contribution is -2.41. The summed E-state index contributed by atoms with van der Waals surface area (Å²) < 4.78 is 33.4. The van der Waals surface area contributed by atoms with Crippen molar-refractivity contribution in [3.05, 3.63) is 86.4 Å². The number of carbonyl (C=O) groups excluding carboxylic acids is 2. The van der Waals surface area contributed by atoms with Gasteiger partial charge in [0.25, 0.3) is 17.4 Å². The van der Waals surface area contributed by atoms with Crippen LogP contribution in [0.25, 0.3) is 5.69 Å². The van der Waals surface area contributed by atoms with E-state index in [-0.39, 0.29) is 35.2 Å². The van der Waals surface area contributed by atoms with E-state index in [4.69, 9.17) is 21.2 Å². The summed E-state index contributed by atoms with van der Waals surface area (Å²) >= 11 is 6.15. The van der Waals surface area contributed by atoms with Crippen molar-refractivity contribution in [3.63, 3.8) is 0 Å². The van der Waals surface area contributed by atoms with Gasteiger partial charge in [0, 0.05) is 17.2 Å². The molecule has 0 spiro atoms. The van der Waals surface area contributed by atoms with E-state index in [9.17, 15) is 23.2 Å². The lowest BCUT2D eigenvalue weighted by Gasteiger charge is -2.14. The van der Waals surface area contributed by atoms with E-state index in [2.05, 4.69) is 15.8 Å². The highest BCUT2D eigenvalue weighted by Gasteiger charge is 2.27. The second-order valence-corrected chi connectivity index (χ2v) is 7.75. The maximum atomic E-state index is 13.8. The molecular formula is C22H17ClF2N4O5. The minimum absolute atomic E-state index is 0.00837. The Labute approximate surface area is 196 Å². The number of hydrogen-bond donors (Lipinski definition) is 2. The van der Waals surface area contributed by atoms with E-state index in [0.717, 1.165) is 17.0 Å². The van der Waals surface area contributed by atoms with E-state index >= 15 is 0 Å². The number of ether oxygens (including phenoxy) is 1. The lowest BCUT2D eigenvalue weighted by molar-refractivity contribution is -0.125. The highest BCUT2D eigenvalue weighted by molar-refractivity contribution is 6.31. The third-order valence-electron chi connectivity index (χ3n) is 5.04. The van der Waals surface area contributed by atoms with Crippen molar-refractivity contribution in [2.24, 2.45) is 0 Å². The zero-order valence-electron chi connectivity index (χ0n) is 17.6. The zero-order chi connectivity index (χ0) is 24.4. The van der Waals surface area contributed by atoms with E-state index in [1.807, 2.05) is 0 Å². The molecule has 0 aliphatic carbocycles. The summed E-state index contributed by atoms with van der Waals surface area (Å²) in [6.07, 6.45) is 1.16. The molecule has 0 radical (unpaired) electrons. The van der Waals surface area contributed by atoms with Crippen LogP contribution in [0.1, 0.15) is 21.5 Å². The van der Waals surface area contributed by atoms with Gasteiger partial charge in [0.2, 0.25) is 5.88 Å². The average Bonchev–Trinajstić information content (AvgIpc) is 3.20. The molecule has 12 heteroatoms. The quantitative estimate of drug-likeness (QED) is 0.548. The standard InChI is InChI=1S/C22H17ClF2N4O5/c1-11-2-3-12(19(30)27-16-9-34-28-20(16)31)6-17(11)29-10-26-21(18(23)22(29)32)33-8-13-4-5-14(24)7-15(13)25/h2-7,10,16H,8-9H2,1H3,(H,27,30)(H,28,31)/t16-/m1/s1. The molecule has 1 atom stereocenters. The number of amides is 2. The molecule has 34 heavy (non-hydrogen) atoms. The monoisotopic (exact) mass is 490 g/mol. The van der Waals surface area contributed by atoms with Crippen LogP contribution in [0.15, 0.2) is 47.5 Å². The summed E-state index contributed by atoms with van der Waals surface area (Å²) in [6, 6.07) is 6.77. The summed E-state index contributed by atoms with van der Waals surface area (Å²) in [5.41, 5.74) is 2.68. The molecule has 0 bridgehead atoms. The van der Waals surface area contributed by atoms with Crippen molar-refractivity contribution in [2.45, 2.75) is 19.6 Å². The van der Waals surface area contributed by atoms with Crippen molar-refractivity contribution in [2.75, 3.05) is 6.61 Å². The first-order valence-corrected chi connectivity index (χ1v) is 10.3. The molecule has 9 nitrogen and oxygen atoms in total. The minimum Gasteiger partial charge on any atom is -0.471 e. The molecule has 1 aliphatic heterocycles. The average molecular weight is 491 g/mol. The van der Waals surface area contributed by atoms with E-state index in [0.29, 0.717) is 17.3 Å². The third kappa shape index (κ3) is 4.75. The molecule has 176 valence electrons. The Kier molecular flexibility index (Phi) is 6.57. The van der Waals surface area contributed by atoms with Gasteiger partial charge in [-0.3, -0.25) is 23.8 Å². The van der Waals surface area contributed by atoms with Crippen molar-refractivity contribution >= 4 is 23.4 Å². The molecule has 0 unspecified atom stereocenters. The van der Waals surface area contributed by atoms with Crippen LogP contribution in [-0.4, -0.2) is 34.0 Å². The molecule has 2 N–H and O–H groups in total. The lowest BCUT2D eigenvalue weighted by atomic mass is 10.1. The number of aromatic nitrogens is 2. The van der Waals surface area contributed by atoms with Crippen molar-refractivity contribution in [1.29, 1.82) is 0 Å². The van der Waals surface area contributed by atoms with Gasteiger partial charge in [0.05, 0.1) is 5.69 Å². The van der Waals surface area contributed by atoms with Gasteiger partial charge in [-0.15, -0.1) is 0 Å². The van der Waals surface area contributed by atoms with E-state index in [1.165, 1.54) is 18.2 Å². The van der Waals surface area contributed by atoms with Gasteiger partial charge < -0.3 is 10.1 Å². The second kappa shape index (κ2) is 9.57. The second-order valence-electron chi connectivity index (χ2n) is 7.37. The van der Waals surface area contributed by atoms with Gasteiger partial charge in [0.1, 0.15) is 37.2 Å². The largest absolute Gasteiger partial charge is 0.471 e. The zero-order valence-corrected chi connectivity index (χ0v) is 18.4. The molecule has 2 heterocycles. The first-order valence-electron chi connectivity index (χ1n) is 9.92. The van der Waals surface area contributed by atoms with Crippen LogP contribution < -0.4 is 21.1 Å². The van der Waals surface area contributed by atoms with E-state index in [1.54, 1.807) is 13.0 Å². The molecular weight excluding hydrogens is 474 g/mol. The molecule has 1 aromatic heterocycles. The molecule has 1 saturated heterocycles. The molecule has 0 saturated carbocycles. The number of hydroxylamine groups is 1. The Morgan fingerprint density at radius 1 is 1.29 bits per heavy atom. The van der Waals surface area contributed by atoms with Gasteiger partial charge in [0.15, 0.2) is 5.02 Å². The predicted molar refractivity (Wildman–Crippen MR) is 116 cm³/mol. The number of halogens is 3. The van der Waals surface area contributed by atoms with Crippen LogP contribution in [0.3, 0.4) is 0 Å². The fraction of sp³-hybridized carbons (Fsp3) is 0.182. The number of benzene rings is 2. The van der Waals surface area contributed by atoms with Gasteiger partial charge in [-0.05, 0) is 36.8 Å². The van der Waals surface area contributed by atoms with Crippen LogP contribution in [0.5, 0.6) is 5.88 Å². The van der Waals surface area contributed by atoms with Gasteiger partial charge in [-0.25, -0.2) is 19.2 Å². The van der Waals surface area contributed by atoms with Gasteiger partial charge in [-0.1, -0.05) is 17.7 Å².